The second-order valence-corrected chi connectivity index (χ2v) is 7.81. The van der Waals surface area contributed by atoms with E-state index in [1.807, 2.05) is 0 Å². The summed E-state index contributed by atoms with van der Waals surface area (Å²) in [5.41, 5.74) is 6.53. The lowest BCUT2D eigenvalue weighted by molar-refractivity contribution is -0.0290. The highest BCUT2D eigenvalue weighted by molar-refractivity contribution is 7.85. The maximum Gasteiger partial charge on any atom is 0.167 e. The molecule has 28 heavy (non-hydrogen) atoms. The van der Waals surface area contributed by atoms with Crippen molar-refractivity contribution >= 4 is 27.8 Å². The molecule has 11 heteroatoms. The fourth-order valence-corrected chi connectivity index (χ4v) is 4.33. The van der Waals surface area contributed by atoms with Crippen molar-refractivity contribution in [1.82, 2.24) is 19.5 Å². The van der Waals surface area contributed by atoms with Crippen molar-refractivity contribution in [2.45, 2.75) is 29.4 Å². The molecule has 1 fully saturated rings. The minimum Gasteiger partial charge on any atom is -0.497 e. The van der Waals surface area contributed by atoms with Crippen LogP contribution in [0, 0.1) is 0 Å². The van der Waals surface area contributed by atoms with E-state index < -0.39 is 35.3 Å². The van der Waals surface area contributed by atoms with Gasteiger partial charge in [0.2, 0.25) is 0 Å². The molecule has 3 heterocycles. The van der Waals surface area contributed by atoms with E-state index in [1.165, 1.54) is 17.2 Å². The minimum atomic E-state index is -1.43. The van der Waals surface area contributed by atoms with Gasteiger partial charge in [-0.05, 0) is 24.3 Å². The predicted molar refractivity (Wildman–Crippen MR) is 99.9 cm³/mol. The molecule has 1 aromatic carbocycles. The van der Waals surface area contributed by atoms with Crippen molar-refractivity contribution in [2.75, 3.05) is 18.6 Å². The summed E-state index contributed by atoms with van der Waals surface area (Å²) in [5, 5.41) is 20.9. The zero-order valence-electron chi connectivity index (χ0n) is 14.9. The van der Waals surface area contributed by atoms with Gasteiger partial charge in [0.25, 0.3) is 0 Å². The Kier molecular flexibility index (Phi) is 4.98. The van der Waals surface area contributed by atoms with E-state index in [2.05, 4.69) is 15.0 Å². The summed E-state index contributed by atoms with van der Waals surface area (Å²) in [7, 11) is 0.116. The van der Waals surface area contributed by atoms with E-state index in [-0.39, 0.29) is 11.6 Å². The van der Waals surface area contributed by atoms with Crippen molar-refractivity contribution in [3.63, 3.8) is 0 Å². The fourth-order valence-electron chi connectivity index (χ4n) is 3.13. The first-order chi connectivity index (χ1) is 13.5. The van der Waals surface area contributed by atoms with Gasteiger partial charge >= 0.3 is 0 Å². The molecule has 0 amide bonds. The number of aromatic nitrogens is 4. The summed E-state index contributed by atoms with van der Waals surface area (Å²) < 4.78 is 25.0. The van der Waals surface area contributed by atoms with Crippen molar-refractivity contribution < 1.29 is 23.9 Å². The van der Waals surface area contributed by atoms with Crippen LogP contribution in [0.25, 0.3) is 11.2 Å². The molecule has 4 rings (SSSR count). The standard InChI is InChI=1S/C17H19N5O5S/c1-26-9-2-4-10(5-3-9)28(25)6-11-13(23)14(24)17(27-11)22-8-21-12-15(18)19-7-20-16(12)22/h2-5,7-8,11,13-14,17,23-24H,6H2,1H3,(H2,18,19,20)/t11-,13-,14-,17-,28-/m1/s1. The van der Waals surface area contributed by atoms with Gasteiger partial charge in [-0.2, -0.15) is 0 Å². The number of nitrogens with zero attached hydrogens (tertiary/aromatic N) is 4. The summed E-state index contributed by atoms with van der Waals surface area (Å²) in [5.74, 6) is 0.876. The van der Waals surface area contributed by atoms with Crippen molar-refractivity contribution in [3.8, 4) is 5.75 Å². The van der Waals surface area contributed by atoms with Gasteiger partial charge in [-0.25, -0.2) is 15.0 Å². The molecule has 0 saturated carbocycles. The largest absolute Gasteiger partial charge is 0.497 e. The van der Waals surface area contributed by atoms with Crippen LogP contribution in [0.5, 0.6) is 5.75 Å². The maximum atomic E-state index is 12.6. The number of fused-ring (bicyclic) bond motifs is 1. The number of hydrogen-bond donors (Lipinski definition) is 3. The van der Waals surface area contributed by atoms with Gasteiger partial charge in [0.05, 0.1) is 30.0 Å². The van der Waals surface area contributed by atoms with Gasteiger partial charge in [0, 0.05) is 4.90 Å². The Labute approximate surface area is 162 Å². The quantitative estimate of drug-likeness (QED) is 0.527. The molecular formula is C17H19N5O5S. The van der Waals surface area contributed by atoms with Crippen LogP contribution in [-0.4, -0.2) is 65.1 Å². The summed E-state index contributed by atoms with van der Waals surface area (Å²) in [6, 6.07) is 6.79. The van der Waals surface area contributed by atoms with Crippen LogP contribution in [-0.2, 0) is 15.5 Å². The van der Waals surface area contributed by atoms with Crippen molar-refractivity contribution in [3.05, 3.63) is 36.9 Å². The Morgan fingerprint density at radius 1 is 1.21 bits per heavy atom. The number of ether oxygens (including phenoxy) is 2. The topological polar surface area (TPSA) is 146 Å². The molecule has 4 N–H and O–H groups in total. The maximum absolute atomic E-state index is 12.6. The third-order valence-corrected chi connectivity index (χ3v) is 6.07. The molecule has 0 spiro atoms. The molecule has 10 nitrogen and oxygen atoms in total. The molecule has 0 aliphatic carbocycles. The molecule has 1 aliphatic heterocycles. The first-order valence-electron chi connectivity index (χ1n) is 8.46. The van der Waals surface area contributed by atoms with E-state index in [0.29, 0.717) is 21.8 Å². The number of nitrogens with two attached hydrogens (primary N) is 1. The highest BCUT2D eigenvalue weighted by Crippen LogP contribution is 2.32. The smallest absolute Gasteiger partial charge is 0.167 e. The van der Waals surface area contributed by atoms with Gasteiger partial charge in [0.1, 0.15) is 35.9 Å². The Bertz CT molecular complexity index is 1010. The second kappa shape index (κ2) is 7.43. The molecule has 3 aromatic rings. The first kappa shape index (κ1) is 18.7. The van der Waals surface area contributed by atoms with Crippen LogP contribution in [0.2, 0.25) is 0 Å². The zero-order valence-corrected chi connectivity index (χ0v) is 15.7. The molecule has 148 valence electrons. The van der Waals surface area contributed by atoms with Crippen LogP contribution >= 0.6 is 0 Å². The van der Waals surface area contributed by atoms with Crippen molar-refractivity contribution in [2.24, 2.45) is 0 Å². The number of aliphatic hydroxyl groups is 2. The number of imidazole rings is 1. The van der Waals surface area contributed by atoms with Crippen LogP contribution in [0.1, 0.15) is 6.23 Å². The van der Waals surface area contributed by atoms with Crippen LogP contribution < -0.4 is 10.5 Å². The zero-order chi connectivity index (χ0) is 19.8. The van der Waals surface area contributed by atoms with Crippen LogP contribution in [0.4, 0.5) is 5.82 Å². The number of hydrogen-bond acceptors (Lipinski definition) is 9. The summed E-state index contributed by atoms with van der Waals surface area (Å²) in [6.07, 6.45) is -1.54. The highest BCUT2D eigenvalue weighted by atomic mass is 32.2. The van der Waals surface area contributed by atoms with Gasteiger partial charge in [-0.15, -0.1) is 0 Å². The lowest BCUT2D eigenvalue weighted by atomic mass is 10.1. The number of anilines is 1. The predicted octanol–water partition coefficient (Wildman–Crippen LogP) is -0.156. The van der Waals surface area contributed by atoms with Gasteiger partial charge in [-0.3, -0.25) is 8.78 Å². The Hall–Kier alpha value is -2.60. The Morgan fingerprint density at radius 3 is 2.68 bits per heavy atom. The molecular weight excluding hydrogens is 386 g/mol. The van der Waals surface area contributed by atoms with Gasteiger partial charge in [-0.1, -0.05) is 0 Å². The number of aliphatic hydroxyl groups excluding tert-OH is 2. The fraction of sp³-hybridized carbons (Fsp3) is 0.353. The SMILES string of the molecule is COc1ccc([S@](=O)C[C@H]2O[C@@H](n3cnc4c(N)ncnc43)[C@H](O)[C@@H]2O)cc1. The Morgan fingerprint density at radius 2 is 1.96 bits per heavy atom. The lowest BCUT2D eigenvalue weighted by Crippen LogP contribution is -2.34. The molecule has 0 unspecified atom stereocenters. The van der Waals surface area contributed by atoms with E-state index >= 15 is 0 Å². The highest BCUT2D eigenvalue weighted by Gasteiger charge is 2.45. The average molecular weight is 405 g/mol. The van der Waals surface area contributed by atoms with E-state index in [4.69, 9.17) is 15.2 Å². The van der Waals surface area contributed by atoms with E-state index in [1.54, 1.807) is 31.4 Å². The number of nitrogen functional groups attached to an aromatic ring is 1. The van der Waals surface area contributed by atoms with E-state index in [9.17, 15) is 14.4 Å². The average Bonchev–Trinajstić information content (AvgIpc) is 3.25. The van der Waals surface area contributed by atoms with Gasteiger partial charge in [0.15, 0.2) is 17.7 Å². The third-order valence-electron chi connectivity index (χ3n) is 4.64. The van der Waals surface area contributed by atoms with Crippen LogP contribution in [0.3, 0.4) is 0 Å². The first-order valence-corrected chi connectivity index (χ1v) is 9.78. The number of rotatable bonds is 5. The number of benzene rings is 1. The lowest BCUT2D eigenvalue weighted by Gasteiger charge is -2.16. The molecule has 1 saturated heterocycles. The van der Waals surface area contributed by atoms with Crippen LogP contribution in [0.15, 0.2) is 41.8 Å². The molecule has 2 aromatic heterocycles. The normalized spacial score (nSPS) is 25.8. The second-order valence-electron chi connectivity index (χ2n) is 6.32. The van der Waals surface area contributed by atoms with Crippen molar-refractivity contribution in [1.29, 1.82) is 0 Å². The summed E-state index contributed by atoms with van der Waals surface area (Å²) in [6.45, 7) is 0. The molecule has 0 radical (unpaired) electrons. The van der Waals surface area contributed by atoms with Gasteiger partial charge < -0.3 is 25.4 Å². The minimum absolute atomic E-state index is 0.0187. The number of methoxy groups -OCH3 is 1. The Balaban J connectivity index is 1.54. The molecule has 0 bridgehead atoms. The third kappa shape index (κ3) is 3.22. The monoisotopic (exact) mass is 405 g/mol. The van der Waals surface area contributed by atoms with E-state index in [0.717, 1.165) is 0 Å². The summed E-state index contributed by atoms with van der Waals surface area (Å²) >= 11 is 0. The molecule has 1 aliphatic rings. The molecule has 5 atom stereocenters. The summed E-state index contributed by atoms with van der Waals surface area (Å²) in [4.78, 5) is 12.7.